The lowest BCUT2D eigenvalue weighted by atomic mass is 9.99. The first-order valence-electron chi connectivity index (χ1n) is 7.57. The Labute approximate surface area is 126 Å². The smallest absolute Gasteiger partial charge is 0.123 e. The molecule has 3 nitrogen and oxygen atoms in total. The normalized spacial score (nSPS) is 12.6. The lowest BCUT2D eigenvalue weighted by Crippen LogP contribution is -2.24. The molecule has 1 atom stereocenters. The number of halogens is 1. The van der Waals surface area contributed by atoms with Crippen molar-refractivity contribution in [2.75, 3.05) is 6.54 Å². The van der Waals surface area contributed by atoms with Crippen molar-refractivity contribution in [3.8, 4) is 0 Å². The summed E-state index contributed by atoms with van der Waals surface area (Å²) >= 11 is 0. The van der Waals surface area contributed by atoms with E-state index in [4.69, 9.17) is 0 Å². The van der Waals surface area contributed by atoms with Crippen molar-refractivity contribution in [2.24, 2.45) is 0 Å². The van der Waals surface area contributed by atoms with Crippen LogP contribution in [0.5, 0.6) is 0 Å². The minimum absolute atomic E-state index is 0.103. The van der Waals surface area contributed by atoms with Crippen LogP contribution in [0.15, 0.2) is 24.3 Å². The second-order valence-corrected chi connectivity index (χ2v) is 5.47. The van der Waals surface area contributed by atoms with Crippen molar-refractivity contribution >= 4 is 0 Å². The summed E-state index contributed by atoms with van der Waals surface area (Å²) in [5.41, 5.74) is 4.16. The van der Waals surface area contributed by atoms with E-state index < -0.39 is 0 Å². The predicted octanol–water partition coefficient (Wildman–Crippen LogP) is 3.55. The Kier molecular flexibility index (Phi) is 5.12. The summed E-state index contributed by atoms with van der Waals surface area (Å²) in [7, 11) is 0. The fourth-order valence-electron chi connectivity index (χ4n) is 2.77. The highest BCUT2D eigenvalue weighted by atomic mass is 19.1. The van der Waals surface area contributed by atoms with Gasteiger partial charge in [0.15, 0.2) is 0 Å². The largest absolute Gasteiger partial charge is 0.310 e. The zero-order valence-electron chi connectivity index (χ0n) is 13.3. The highest BCUT2D eigenvalue weighted by molar-refractivity contribution is 5.27. The maximum atomic E-state index is 13.7. The Bertz CT molecular complexity index is 584. The summed E-state index contributed by atoms with van der Waals surface area (Å²) in [5, 5.41) is 7.94. The van der Waals surface area contributed by atoms with Gasteiger partial charge < -0.3 is 5.32 Å². The molecule has 0 aliphatic carbocycles. The Morgan fingerprint density at radius 2 is 1.95 bits per heavy atom. The van der Waals surface area contributed by atoms with E-state index >= 15 is 0 Å². The molecule has 1 aromatic heterocycles. The molecule has 0 aliphatic rings. The number of likely N-dealkylation sites (N-methyl/N-ethyl adjacent to an activating group) is 1. The topological polar surface area (TPSA) is 29.9 Å². The van der Waals surface area contributed by atoms with Crippen LogP contribution in [0.1, 0.15) is 42.4 Å². The standard InChI is InChI=1S/C17H24FN3/c1-5-19-17(14-7-12(3)8-15(18)10-14)11-16-9-13(4)20-21(16)6-2/h7-10,17,19H,5-6,11H2,1-4H3. The van der Waals surface area contributed by atoms with Gasteiger partial charge in [0.2, 0.25) is 0 Å². The van der Waals surface area contributed by atoms with Gasteiger partial charge in [0.25, 0.3) is 0 Å². The predicted molar refractivity (Wildman–Crippen MR) is 83.9 cm³/mol. The van der Waals surface area contributed by atoms with Crippen LogP contribution in [0.25, 0.3) is 0 Å². The average molecular weight is 289 g/mol. The summed E-state index contributed by atoms with van der Waals surface area (Å²) in [4.78, 5) is 0. The molecule has 0 saturated heterocycles. The molecule has 0 amide bonds. The third-order valence-corrected chi connectivity index (χ3v) is 3.62. The second-order valence-electron chi connectivity index (χ2n) is 5.47. The Morgan fingerprint density at radius 1 is 1.19 bits per heavy atom. The fraction of sp³-hybridized carbons (Fsp3) is 0.471. The van der Waals surface area contributed by atoms with Gasteiger partial charge in [-0.15, -0.1) is 0 Å². The van der Waals surface area contributed by atoms with Crippen molar-refractivity contribution < 1.29 is 4.39 Å². The molecule has 0 spiro atoms. The highest BCUT2D eigenvalue weighted by Gasteiger charge is 2.15. The zero-order valence-corrected chi connectivity index (χ0v) is 13.3. The lowest BCUT2D eigenvalue weighted by Gasteiger charge is -2.19. The molecule has 0 saturated carbocycles. The van der Waals surface area contributed by atoms with Crippen LogP contribution >= 0.6 is 0 Å². The number of nitrogens with one attached hydrogen (secondary N) is 1. The third kappa shape index (κ3) is 3.91. The second kappa shape index (κ2) is 6.85. The average Bonchev–Trinajstić information content (AvgIpc) is 2.77. The monoisotopic (exact) mass is 289 g/mol. The summed E-state index contributed by atoms with van der Waals surface area (Å²) in [5.74, 6) is -0.173. The van der Waals surface area contributed by atoms with E-state index in [1.807, 2.05) is 18.5 Å². The van der Waals surface area contributed by atoms with Crippen molar-refractivity contribution in [2.45, 2.75) is 46.7 Å². The number of nitrogens with zero attached hydrogens (tertiary/aromatic N) is 2. The van der Waals surface area contributed by atoms with Gasteiger partial charge in [0.1, 0.15) is 5.82 Å². The van der Waals surface area contributed by atoms with Crippen LogP contribution < -0.4 is 5.32 Å². The number of rotatable bonds is 6. The number of hydrogen-bond donors (Lipinski definition) is 1. The first-order chi connectivity index (χ1) is 10.0. The molecule has 1 aromatic carbocycles. The van der Waals surface area contributed by atoms with Gasteiger partial charge >= 0.3 is 0 Å². The van der Waals surface area contributed by atoms with Crippen molar-refractivity contribution in [3.05, 3.63) is 52.6 Å². The van der Waals surface area contributed by atoms with Crippen molar-refractivity contribution in [3.63, 3.8) is 0 Å². The fourth-order valence-corrected chi connectivity index (χ4v) is 2.77. The van der Waals surface area contributed by atoms with Gasteiger partial charge in [-0.1, -0.05) is 13.0 Å². The van der Waals surface area contributed by atoms with Crippen LogP contribution in [0.3, 0.4) is 0 Å². The number of aryl methyl sites for hydroxylation is 3. The summed E-state index contributed by atoms with van der Waals surface area (Å²) in [6, 6.07) is 7.45. The first kappa shape index (κ1) is 15.7. The van der Waals surface area contributed by atoms with E-state index in [2.05, 4.69) is 36.4 Å². The SMILES string of the molecule is CCNC(Cc1cc(C)nn1CC)c1cc(C)cc(F)c1. The Hall–Kier alpha value is -1.68. The number of hydrogen-bond acceptors (Lipinski definition) is 2. The van der Waals surface area contributed by atoms with Crippen LogP contribution in [0.4, 0.5) is 4.39 Å². The maximum absolute atomic E-state index is 13.7. The number of benzene rings is 1. The molecule has 0 radical (unpaired) electrons. The summed E-state index contributed by atoms with van der Waals surface area (Å²) < 4.78 is 15.7. The Morgan fingerprint density at radius 3 is 2.57 bits per heavy atom. The van der Waals surface area contributed by atoms with E-state index in [9.17, 15) is 4.39 Å². The molecule has 2 rings (SSSR count). The van der Waals surface area contributed by atoms with E-state index in [0.717, 1.165) is 36.3 Å². The molecule has 1 heterocycles. The summed E-state index contributed by atoms with van der Waals surface area (Å²) in [6.07, 6.45) is 0.811. The van der Waals surface area contributed by atoms with E-state index in [0.29, 0.717) is 0 Å². The van der Waals surface area contributed by atoms with E-state index in [1.165, 1.54) is 5.69 Å². The first-order valence-corrected chi connectivity index (χ1v) is 7.57. The van der Waals surface area contributed by atoms with Gasteiger partial charge in [-0.2, -0.15) is 5.10 Å². The molecule has 114 valence electrons. The van der Waals surface area contributed by atoms with E-state index in [-0.39, 0.29) is 11.9 Å². The molecular weight excluding hydrogens is 265 g/mol. The number of aromatic nitrogens is 2. The van der Waals surface area contributed by atoms with Gasteiger partial charge in [-0.05, 0) is 56.6 Å². The molecule has 21 heavy (non-hydrogen) atoms. The quantitative estimate of drug-likeness (QED) is 0.881. The molecule has 1 N–H and O–H groups in total. The van der Waals surface area contributed by atoms with Crippen molar-refractivity contribution in [1.29, 1.82) is 0 Å². The molecule has 2 aromatic rings. The van der Waals surface area contributed by atoms with Crippen LogP contribution in [-0.2, 0) is 13.0 Å². The molecule has 0 aliphatic heterocycles. The highest BCUT2D eigenvalue weighted by Crippen LogP contribution is 2.21. The van der Waals surface area contributed by atoms with Gasteiger partial charge in [-0.3, -0.25) is 4.68 Å². The van der Waals surface area contributed by atoms with Crippen molar-refractivity contribution in [1.82, 2.24) is 15.1 Å². The molecule has 0 bridgehead atoms. The minimum atomic E-state index is -0.173. The zero-order chi connectivity index (χ0) is 15.4. The van der Waals surface area contributed by atoms with Gasteiger partial charge in [-0.25, -0.2) is 4.39 Å². The maximum Gasteiger partial charge on any atom is 0.123 e. The van der Waals surface area contributed by atoms with E-state index in [1.54, 1.807) is 12.1 Å². The lowest BCUT2D eigenvalue weighted by molar-refractivity contribution is 0.512. The molecule has 4 heteroatoms. The molecular formula is C17H24FN3. The Balaban J connectivity index is 2.30. The summed E-state index contributed by atoms with van der Waals surface area (Å²) in [6.45, 7) is 9.79. The third-order valence-electron chi connectivity index (χ3n) is 3.62. The van der Waals surface area contributed by atoms with Crippen LogP contribution in [0, 0.1) is 19.7 Å². The molecule has 1 unspecified atom stereocenters. The molecule has 0 fully saturated rings. The van der Waals surface area contributed by atoms with Crippen LogP contribution in [0.2, 0.25) is 0 Å². The van der Waals surface area contributed by atoms with Gasteiger partial charge in [0, 0.05) is 24.7 Å². The van der Waals surface area contributed by atoms with Crippen LogP contribution in [-0.4, -0.2) is 16.3 Å². The van der Waals surface area contributed by atoms with Gasteiger partial charge in [0.05, 0.1) is 5.69 Å². The minimum Gasteiger partial charge on any atom is -0.310 e.